The third-order valence-corrected chi connectivity index (χ3v) is 3.21. The molecule has 0 atom stereocenters. The third-order valence-electron chi connectivity index (χ3n) is 2.36. The van der Waals surface area contributed by atoms with E-state index in [1.165, 1.54) is 23.5 Å². The number of rotatable bonds is 3. The van der Waals surface area contributed by atoms with Crippen LogP contribution in [0.4, 0.5) is 13.2 Å². The van der Waals surface area contributed by atoms with E-state index in [-0.39, 0.29) is 17.9 Å². The maximum atomic E-state index is 12.8. The second-order valence-electron chi connectivity index (χ2n) is 3.69. The number of alkyl halides is 3. The molecular formula is C13H8F3NOS. The lowest BCUT2D eigenvalue weighted by molar-refractivity contribution is -0.139. The van der Waals surface area contributed by atoms with Crippen LogP contribution in [0.3, 0.4) is 0 Å². The van der Waals surface area contributed by atoms with Gasteiger partial charge in [0.05, 0.1) is 17.2 Å². The maximum Gasteiger partial charge on any atom is 0.420 e. The fraction of sp³-hybridized carbons (Fsp3) is 0.154. The molecule has 0 saturated carbocycles. The van der Waals surface area contributed by atoms with E-state index in [4.69, 9.17) is 10.00 Å². The van der Waals surface area contributed by atoms with Gasteiger partial charge in [0.1, 0.15) is 12.4 Å². The molecule has 2 rings (SSSR count). The first-order valence-corrected chi connectivity index (χ1v) is 6.15. The molecule has 2 aromatic rings. The van der Waals surface area contributed by atoms with Crippen LogP contribution in [0.2, 0.25) is 0 Å². The van der Waals surface area contributed by atoms with E-state index in [0.29, 0.717) is 0 Å². The molecule has 19 heavy (non-hydrogen) atoms. The summed E-state index contributed by atoms with van der Waals surface area (Å²) in [5.74, 6) is -0.264. The summed E-state index contributed by atoms with van der Waals surface area (Å²) >= 11 is 1.40. The molecule has 0 fully saturated rings. The van der Waals surface area contributed by atoms with Gasteiger partial charge < -0.3 is 4.74 Å². The lowest BCUT2D eigenvalue weighted by Crippen LogP contribution is -2.09. The van der Waals surface area contributed by atoms with E-state index >= 15 is 0 Å². The molecule has 0 bridgehead atoms. The summed E-state index contributed by atoms with van der Waals surface area (Å²) in [7, 11) is 0. The van der Waals surface area contributed by atoms with E-state index in [0.717, 1.165) is 10.9 Å². The Morgan fingerprint density at radius 1 is 1.26 bits per heavy atom. The Hall–Kier alpha value is -2.00. The molecule has 0 aliphatic carbocycles. The van der Waals surface area contributed by atoms with Gasteiger partial charge in [-0.3, -0.25) is 0 Å². The molecular weight excluding hydrogens is 275 g/mol. The highest BCUT2D eigenvalue weighted by Gasteiger charge is 2.34. The average molecular weight is 283 g/mol. The molecule has 1 aromatic heterocycles. The first-order valence-electron chi connectivity index (χ1n) is 5.27. The molecule has 6 heteroatoms. The molecule has 1 heterocycles. The Bertz CT molecular complexity index is 599. The summed E-state index contributed by atoms with van der Waals surface area (Å²) < 4.78 is 43.7. The van der Waals surface area contributed by atoms with Gasteiger partial charge in [-0.25, -0.2) is 0 Å². The molecule has 0 saturated heterocycles. The first-order chi connectivity index (χ1) is 9.00. The monoisotopic (exact) mass is 283 g/mol. The van der Waals surface area contributed by atoms with Crippen molar-refractivity contribution >= 4 is 11.3 Å². The summed E-state index contributed by atoms with van der Waals surface area (Å²) in [6.07, 6.45) is -4.54. The number of nitriles is 1. The number of halogens is 3. The quantitative estimate of drug-likeness (QED) is 0.845. The molecule has 1 aromatic carbocycles. The Labute approximate surface area is 111 Å². The number of thiophene rings is 1. The predicted octanol–water partition coefficient (Wildman–Crippen LogP) is 4.22. The van der Waals surface area contributed by atoms with E-state index in [1.54, 1.807) is 18.2 Å². The third kappa shape index (κ3) is 3.26. The highest BCUT2D eigenvalue weighted by Crippen LogP contribution is 2.37. The van der Waals surface area contributed by atoms with E-state index < -0.39 is 11.7 Å². The highest BCUT2D eigenvalue weighted by atomic mass is 32.1. The van der Waals surface area contributed by atoms with Crippen LogP contribution in [0.25, 0.3) is 0 Å². The van der Waals surface area contributed by atoms with Gasteiger partial charge in [0.2, 0.25) is 0 Å². The predicted molar refractivity (Wildman–Crippen MR) is 64.8 cm³/mol. The zero-order valence-electron chi connectivity index (χ0n) is 9.57. The Morgan fingerprint density at radius 3 is 2.63 bits per heavy atom. The summed E-state index contributed by atoms with van der Waals surface area (Å²) in [6.45, 7) is 0.0760. The molecule has 0 spiro atoms. The number of nitrogens with zero attached hydrogens (tertiary/aromatic N) is 1. The van der Waals surface area contributed by atoms with Crippen molar-refractivity contribution in [1.82, 2.24) is 0 Å². The number of benzene rings is 1. The van der Waals surface area contributed by atoms with E-state index in [9.17, 15) is 13.2 Å². The molecule has 0 unspecified atom stereocenters. The van der Waals surface area contributed by atoms with Crippen molar-refractivity contribution < 1.29 is 17.9 Å². The fourth-order valence-electron chi connectivity index (χ4n) is 1.49. The van der Waals surface area contributed by atoms with Gasteiger partial charge in [-0.15, -0.1) is 11.3 Å². The van der Waals surface area contributed by atoms with Crippen molar-refractivity contribution in [1.29, 1.82) is 5.26 Å². The van der Waals surface area contributed by atoms with Crippen LogP contribution in [0.15, 0.2) is 35.7 Å². The molecule has 98 valence electrons. The van der Waals surface area contributed by atoms with Crippen LogP contribution in [0.5, 0.6) is 5.75 Å². The van der Waals surface area contributed by atoms with Crippen LogP contribution in [0, 0.1) is 11.3 Å². The minimum absolute atomic E-state index is 0.0456. The van der Waals surface area contributed by atoms with E-state index in [1.807, 2.05) is 5.38 Å². The lowest BCUT2D eigenvalue weighted by atomic mass is 10.1. The maximum absolute atomic E-state index is 12.8. The van der Waals surface area contributed by atoms with Crippen molar-refractivity contribution in [3.05, 3.63) is 51.7 Å². The van der Waals surface area contributed by atoms with Crippen LogP contribution in [0.1, 0.15) is 16.0 Å². The second kappa shape index (κ2) is 5.33. The molecule has 0 aliphatic rings. The average Bonchev–Trinajstić information content (AvgIpc) is 2.88. The smallest absolute Gasteiger partial charge is 0.420 e. The molecule has 0 radical (unpaired) electrons. The second-order valence-corrected chi connectivity index (χ2v) is 4.72. The molecule has 0 aliphatic heterocycles. The molecule has 0 amide bonds. The molecule has 2 nitrogen and oxygen atoms in total. The van der Waals surface area contributed by atoms with Crippen molar-refractivity contribution in [2.45, 2.75) is 12.8 Å². The highest BCUT2D eigenvalue weighted by molar-refractivity contribution is 7.09. The zero-order valence-corrected chi connectivity index (χ0v) is 10.4. The Kier molecular flexibility index (Phi) is 3.76. The molecule has 0 N–H and O–H groups in total. The van der Waals surface area contributed by atoms with Gasteiger partial charge in [0.15, 0.2) is 0 Å². The van der Waals surface area contributed by atoms with Crippen LogP contribution in [-0.4, -0.2) is 0 Å². The van der Waals surface area contributed by atoms with Gasteiger partial charge in [-0.2, -0.15) is 18.4 Å². The minimum Gasteiger partial charge on any atom is -0.487 e. The summed E-state index contributed by atoms with van der Waals surface area (Å²) in [5, 5.41) is 10.5. The zero-order chi connectivity index (χ0) is 13.9. The van der Waals surface area contributed by atoms with Crippen LogP contribution >= 0.6 is 11.3 Å². The minimum atomic E-state index is -4.54. The van der Waals surface area contributed by atoms with Gasteiger partial charge in [-0.1, -0.05) is 6.07 Å². The van der Waals surface area contributed by atoms with E-state index in [2.05, 4.69) is 0 Å². The number of ether oxygens (including phenoxy) is 1. The Balaban J connectivity index is 2.27. The van der Waals surface area contributed by atoms with Crippen molar-refractivity contribution in [2.24, 2.45) is 0 Å². The topological polar surface area (TPSA) is 33.0 Å². The summed E-state index contributed by atoms with van der Waals surface area (Å²) in [6, 6.07) is 8.54. The van der Waals surface area contributed by atoms with Gasteiger partial charge in [-0.05, 0) is 29.6 Å². The van der Waals surface area contributed by atoms with Crippen molar-refractivity contribution in [3.63, 3.8) is 0 Å². The first kappa shape index (κ1) is 13.4. The fourth-order valence-corrected chi connectivity index (χ4v) is 2.11. The number of hydrogen-bond acceptors (Lipinski definition) is 3. The SMILES string of the molecule is N#Cc1ccc(OCc2cccs2)c(C(F)(F)F)c1. The normalized spacial score (nSPS) is 11.1. The van der Waals surface area contributed by atoms with Crippen LogP contribution < -0.4 is 4.74 Å². The number of hydrogen-bond donors (Lipinski definition) is 0. The summed E-state index contributed by atoms with van der Waals surface area (Å²) in [5.41, 5.74) is -0.973. The van der Waals surface area contributed by atoms with Crippen molar-refractivity contribution in [3.8, 4) is 11.8 Å². The lowest BCUT2D eigenvalue weighted by Gasteiger charge is -2.13. The largest absolute Gasteiger partial charge is 0.487 e. The van der Waals surface area contributed by atoms with Gasteiger partial charge in [0, 0.05) is 4.88 Å². The van der Waals surface area contributed by atoms with Gasteiger partial charge >= 0.3 is 6.18 Å². The van der Waals surface area contributed by atoms with Crippen molar-refractivity contribution in [2.75, 3.05) is 0 Å². The van der Waals surface area contributed by atoms with Crippen LogP contribution in [-0.2, 0) is 12.8 Å². The summed E-state index contributed by atoms with van der Waals surface area (Å²) in [4.78, 5) is 0.831. The standard InChI is InChI=1S/C13H8F3NOS/c14-13(15,16)11-6-9(7-17)3-4-12(11)18-8-10-2-1-5-19-10/h1-6H,8H2. The Morgan fingerprint density at radius 2 is 2.05 bits per heavy atom. The van der Waals surface area contributed by atoms with Gasteiger partial charge in [0.25, 0.3) is 0 Å².